The minimum atomic E-state index is 0.409. The molecule has 1 N–H and O–H groups in total. The maximum absolute atomic E-state index is 8.71. The van der Waals surface area contributed by atoms with Gasteiger partial charge >= 0.3 is 0 Å². The van der Waals surface area contributed by atoms with Crippen LogP contribution < -0.4 is 5.32 Å². The van der Waals surface area contributed by atoms with Crippen LogP contribution in [0.1, 0.15) is 23.9 Å². The number of nitrogens with one attached hydrogen (secondary N) is 1. The Hall–Kier alpha value is -1.64. The number of aryl methyl sites for hydroxylation is 1. The second-order valence-corrected chi connectivity index (χ2v) is 4.74. The van der Waals surface area contributed by atoms with Crippen molar-refractivity contribution in [2.75, 3.05) is 5.32 Å². The van der Waals surface area contributed by atoms with Gasteiger partial charge in [0.1, 0.15) is 11.9 Å². The lowest BCUT2D eigenvalue weighted by atomic mass is 10.2. The molecule has 2 rings (SSSR count). The Morgan fingerprint density at radius 2 is 2.28 bits per heavy atom. The first kappa shape index (κ1) is 12.8. The molecular formula is C12H11ClN4S. The number of halogens is 1. The summed E-state index contributed by atoms with van der Waals surface area (Å²) >= 11 is 7.22. The summed E-state index contributed by atoms with van der Waals surface area (Å²) in [4.78, 5) is 8.55. The zero-order chi connectivity index (χ0) is 13.0. The molecule has 0 aromatic carbocycles. The second kappa shape index (κ2) is 5.80. The summed E-state index contributed by atoms with van der Waals surface area (Å²) < 4.78 is 0. The van der Waals surface area contributed by atoms with Crippen LogP contribution in [0.3, 0.4) is 0 Å². The summed E-state index contributed by atoms with van der Waals surface area (Å²) in [5.41, 5.74) is 2.41. The smallest absolute Gasteiger partial charge is 0.189 e. The average molecular weight is 279 g/mol. The monoisotopic (exact) mass is 278 g/mol. The quantitative estimate of drug-likeness (QED) is 0.870. The molecule has 18 heavy (non-hydrogen) atoms. The van der Waals surface area contributed by atoms with Crippen LogP contribution in [0.15, 0.2) is 17.5 Å². The van der Waals surface area contributed by atoms with Crippen molar-refractivity contribution in [2.24, 2.45) is 0 Å². The molecule has 0 spiro atoms. The summed E-state index contributed by atoms with van der Waals surface area (Å²) in [5.74, 6) is 1.16. The number of hydrogen-bond acceptors (Lipinski definition) is 5. The molecule has 0 aliphatic carbocycles. The van der Waals surface area contributed by atoms with Gasteiger partial charge in [-0.2, -0.15) is 5.26 Å². The molecule has 0 radical (unpaired) electrons. The van der Waals surface area contributed by atoms with Crippen molar-refractivity contribution in [1.29, 1.82) is 5.26 Å². The summed E-state index contributed by atoms with van der Waals surface area (Å²) in [6, 6.07) is 5.87. The number of anilines is 2. The van der Waals surface area contributed by atoms with E-state index in [2.05, 4.69) is 15.3 Å². The number of nitrogens with zero attached hydrogens (tertiary/aromatic N) is 3. The Bertz CT molecular complexity index is 566. The van der Waals surface area contributed by atoms with Gasteiger partial charge in [0.15, 0.2) is 10.8 Å². The van der Waals surface area contributed by atoms with Crippen LogP contribution in [0.2, 0.25) is 0 Å². The molecule has 6 heteroatoms. The SMILES string of the molecule is CCc1cc(CCl)cc(Nc2nc(C#N)cs2)n1. The van der Waals surface area contributed by atoms with Crippen LogP contribution >= 0.6 is 22.9 Å². The van der Waals surface area contributed by atoms with E-state index in [1.54, 1.807) is 5.38 Å². The predicted molar refractivity (Wildman–Crippen MR) is 73.3 cm³/mol. The maximum Gasteiger partial charge on any atom is 0.189 e. The number of aromatic nitrogens is 2. The Morgan fingerprint density at radius 1 is 1.44 bits per heavy atom. The highest BCUT2D eigenvalue weighted by molar-refractivity contribution is 7.13. The van der Waals surface area contributed by atoms with E-state index < -0.39 is 0 Å². The lowest BCUT2D eigenvalue weighted by molar-refractivity contribution is 1.03. The topological polar surface area (TPSA) is 61.6 Å². The van der Waals surface area contributed by atoms with Gasteiger partial charge in [-0.25, -0.2) is 9.97 Å². The van der Waals surface area contributed by atoms with Gasteiger partial charge in [0.2, 0.25) is 0 Å². The fraction of sp³-hybridized carbons (Fsp3) is 0.250. The highest BCUT2D eigenvalue weighted by Gasteiger charge is 2.05. The molecule has 0 aliphatic heterocycles. The van der Waals surface area contributed by atoms with Crippen molar-refractivity contribution < 1.29 is 0 Å². The van der Waals surface area contributed by atoms with Gasteiger partial charge in [-0.1, -0.05) is 6.92 Å². The van der Waals surface area contributed by atoms with Gasteiger partial charge in [0, 0.05) is 17.0 Å². The normalized spacial score (nSPS) is 10.1. The third-order valence-corrected chi connectivity index (χ3v) is 3.37. The number of rotatable bonds is 4. The van der Waals surface area contributed by atoms with Crippen LogP contribution in [0, 0.1) is 11.3 Å². The van der Waals surface area contributed by atoms with Gasteiger partial charge in [0.05, 0.1) is 0 Å². The molecule has 0 fully saturated rings. The van der Waals surface area contributed by atoms with E-state index in [0.717, 1.165) is 17.7 Å². The van der Waals surface area contributed by atoms with Gasteiger partial charge < -0.3 is 5.32 Å². The standard InChI is InChI=1S/C12H11ClN4S/c1-2-9-3-8(5-13)4-11(15-9)17-12-16-10(6-14)7-18-12/h3-4,7H,2,5H2,1H3,(H,15,16,17). The lowest BCUT2D eigenvalue weighted by Gasteiger charge is -2.06. The summed E-state index contributed by atoms with van der Waals surface area (Å²) in [6.07, 6.45) is 0.848. The number of thiazole rings is 1. The average Bonchev–Trinajstić information content (AvgIpc) is 2.85. The molecular weight excluding hydrogens is 268 g/mol. The second-order valence-electron chi connectivity index (χ2n) is 3.61. The summed E-state index contributed by atoms with van der Waals surface area (Å²) in [5, 5.41) is 14.2. The van der Waals surface area contributed by atoms with E-state index in [1.165, 1.54) is 11.3 Å². The fourth-order valence-corrected chi connectivity index (χ4v) is 2.26. The highest BCUT2D eigenvalue weighted by Crippen LogP contribution is 2.21. The van der Waals surface area contributed by atoms with Gasteiger partial charge in [-0.05, 0) is 24.1 Å². The minimum Gasteiger partial charge on any atom is -0.316 e. The summed E-state index contributed by atoms with van der Waals surface area (Å²) in [6.45, 7) is 2.04. The highest BCUT2D eigenvalue weighted by atomic mass is 35.5. The molecule has 0 aliphatic rings. The van der Waals surface area contributed by atoms with E-state index in [1.807, 2.05) is 25.1 Å². The van der Waals surface area contributed by atoms with Crippen LogP contribution in [0.4, 0.5) is 10.9 Å². The molecule has 4 nitrogen and oxygen atoms in total. The molecule has 0 amide bonds. The summed E-state index contributed by atoms with van der Waals surface area (Å²) in [7, 11) is 0. The van der Waals surface area contributed by atoms with Crippen LogP contribution in [-0.4, -0.2) is 9.97 Å². The van der Waals surface area contributed by atoms with Crippen molar-refractivity contribution in [3.8, 4) is 6.07 Å². The fourth-order valence-electron chi connectivity index (χ4n) is 1.46. The Labute approximate surface area is 114 Å². The number of hydrogen-bond donors (Lipinski definition) is 1. The van der Waals surface area contributed by atoms with Gasteiger partial charge in [0.25, 0.3) is 0 Å². The third kappa shape index (κ3) is 2.97. The maximum atomic E-state index is 8.71. The van der Waals surface area contributed by atoms with E-state index in [-0.39, 0.29) is 0 Å². The Morgan fingerprint density at radius 3 is 2.89 bits per heavy atom. The molecule has 92 valence electrons. The molecule has 0 atom stereocenters. The van der Waals surface area contributed by atoms with Crippen molar-refractivity contribution in [3.63, 3.8) is 0 Å². The van der Waals surface area contributed by atoms with E-state index in [4.69, 9.17) is 16.9 Å². The zero-order valence-electron chi connectivity index (χ0n) is 9.77. The molecule has 0 bridgehead atoms. The number of alkyl halides is 1. The van der Waals surface area contributed by atoms with Crippen LogP contribution in [0.25, 0.3) is 0 Å². The first-order valence-corrected chi connectivity index (χ1v) is 6.85. The minimum absolute atomic E-state index is 0.409. The first-order chi connectivity index (χ1) is 8.75. The molecule has 0 saturated heterocycles. The van der Waals surface area contributed by atoms with E-state index in [9.17, 15) is 0 Å². The van der Waals surface area contributed by atoms with Crippen molar-refractivity contribution in [1.82, 2.24) is 9.97 Å². The van der Waals surface area contributed by atoms with Crippen molar-refractivity contribution >= 4 is 33.9 Å². The van der Waals surface area contributed by atoms with E-state index >= 15 is 0 Å². The number of nitriles is 1. The molecule has 2 aromatic rings. The largest absolute Gasteiger partial charge is 0.316 e. The molecule has 0 unspecified atom stereocenters. The van der Waals surface area contributed by atoms with E-state index in [0.29, 0.717) is 22.5 Å². The van der Waals surface area contributed by atoms with Crippen molar-refractivity contribution in [2.45, 2.75) is 19.2 Å². The molecule has 2 aromatic heterocycles. The zero-order valence-corrected chi connectivity index (χ0v) is 11.3. The molecule has 0 saturated carbocycles. The Kier molecular flexibility index (Phi) is 4.13. The molecule has 2 heterocycles. The predicted octanol–water partition coefficient (Wildman–Crippen LogP) is 3.45. The first-order valence-electron chi connectivity index (χ1n) is 5.43. The lowest BCUT2D eigenvalue weighted by Crippen LogP contribution is -1.98. The van der Waals surface area contributed by atoms with Crippen LogP contribution in [0.5, 0.6) is 0 Å². The van der Waals surface area contributed by atoms with Gasteiger partial charge in [-0.15, -0.1) is 22.9 Å². The Balaban J connectivity index is 2.25. The van der Waals surface area contributed by atoms with Crippen molar-refractivity contribution in [3.05, 3.63) is 34.5 Å². The third-order valence-electron chi connectivity index (χ3n) is 2.31. The number of pyridine rings is 1. The van der Waals surface area contributed by atoms with Gasteiger partial charge in [-0.3, -0.25) is 0 Å². The van der Waals surface area contributed by atoms with Crippen LogP contribution in [-0.2, 0) is 12.3 Å².